The molecule has 1 N–H and O–H groups in total. The van der Waals surface area contributed by atoms with E-state index in [2.05, 4.69) is 5.16 Å². The monoisotopic (exact) mass is 181 g/mol. The lowest BCUT2D eigenvalue weighted by Gasteiger charge is -2.11. The van der Waals surface area contributed by atoms with Gasteiger partial charge in [-0.15, -0.1) is 0 Å². The predicted molar refractivity (Wildman–Crippen MR) is 45.4 cm³/mol. The van der Waals surface area contributed by atoms with Gasteiger partial charge in [0.15, 0.2) is 5.78 Å². The maximum atomic E-state index is 11.5. The second-order valence-electron chi connectivity index (χ2n) is 3.38. The summed E-state index contributed by atoms with van der Waals surface area (Å²) in [6.45, 7) is 1.82. The van der Waals surface area contributed by atoms with Crippen molar-refractivity contribution in [2.45, 2.75) is 26.2 Å². The Morgan fingerprint density at radius 1 is 1.54 bits per heavy atom. The second-order valence-corrected chi connectivity index (χ2v) is 3.38. The zero-order chi connectivity index (χ0) is 9.42. The van der Waals surface area contributed by atoms with Crippen LogP contribution in [-0.4, -0.2) is 16.9 Å². The fourth-order valence-electron chi connectivity index (χ4n) is 1.87. The van der Waals surface area contributed by atoms with Crippen molar-refractivity contribution in [1.82, 2.24) is 0 Å². The first kappa shape index (κ1) is 8.29. The largest absolute Gasteiger partial charge is 0.443 e. The van der Waals surface area contributed by atoms with Crippen LogP contribution in [-0.2, 0) is 9.53 Å². The molecule has 0 spiro atoms. The number of ether oxygens (including phenoxy) is 1. The molecule has 4 heteroatoms. The molecule has 2 rings (SSSR count). The summed E-state index contributed by atoms with van der Waals surface area (Å²) < 4.78 is 5.26. The molecule has 13 heavy (non-hydrogen) atoms. The SMILES string of the molecule is CC1C2=C(CCCC2=O)O/C1=N\O. The Bertz CT molecular complexity index is 317. The van der Waals surface area contributed by atoms with Crippen molar-refractivity contribution in [3.05, 3.63) is 11.3 Å². The van der Waals surface area contributed by atoms with Gasteiger partial charge in [-0.3, -0.25) is 4.79 Å². The molecule has 4 nitrogen and oxygen atoms in total. The van der Waals surface area contributed by atoms with Gasteiger partial charge in [-0.05, 0) is 13.3 Å². The number of carbonyl (C=O) groups excluding carboxylic acids is 1. The molecule has 70 valence electrons. The normalized spacial score (nSPS) is 30.7. The highest BCUT2D eigenvalue weighted by atomic mass is 16.5. The Labute approximate surface area is 75.9 Å². The van der Waals surface area contributed by atoms with Crippen molar-refractivity contribution in [2.24, 2.45) is 11.1 Å². The zero-order valence-electron chi connectivity index (χ0n) is 7.41. The molecule has 0 fully saturated rings. The van der Waals surface area contributed by atoms with E-state index in [1.54, 1.807) is 0 Å². The first-order chi connectivity index (χ1) is 6.24. The highest BCUT2D eigenvalue weighted by Crippen LogP contribution is 2.35. The Kier molecular flexibility index (Phi) is 1.83. The maximum absolute atomic E-state index is 11.5. The van der Waals surface area contributed by atoms with Crippen LogP contribution in [0.2, 0.25) is 0 Å². The molecule has 0 saturated carbocycles. The van der Waals surface area contributed by atoms with Gasteiger partial charge in [0, 0.05) is 18.4 Å². The number of hydrogen-bond donors (Lipinski definition) is 1. The average molecular weight is 181 g/mol. The summed E-state index contributed by atoms with van der Waals surface area (Å²) in [7, 11) is 0. The molecule has 1 heterocycles. The van der Waals surface area contributed by atoms with Gasteiger partial charge in [0.25, 0.3) is 0 Å². The molecule has 0 radical (unpaired) electrons. The number of hydrogen-bond acceptors (Lipinski definition) is 4. The van der Waals surface area contributed by atoms with Crippen molar-refractivity contribution in [1.29, 1.82) is 0 Å². The van der Waals surface area contributed by atoms with Crippen molar-refractivity contribution < 1.29 is 14.7 Å². The van der Waals surface area contributed by atoms with E-state index in [1.807, 2.05) is 6.92 Å². The van der Waals surface area contributed by atoms with Crippen molar-refractivity contribution >= 4 is 11.7 Å². The van der Waals surface area contributed by atoms with E-state index in [0.29, 0.717) is 17.8 Å². The molecular weight excluding hydrogens is 170 g/mol. The molecule has 1 atom stereocenters. The average Bonchev–Trinajstić information content (AvgIpc) is 2.44. The molecule has 0 saturated heterocycles. The maximum Gasteiger partial charge on any atom is 0.238 e. The van der Waals surface area contributed by atoms with Gasteiger partial charge in [-0.1, -0.05) is 5.16 Å². The van der Waals surface area contributed by atoms with E-state index >= 15 is 0 Å². The number of allylic oxidation sites excluding steroid dienone is 1. The summed E-state index contributed by atoms with van der Waals surface area (Å²) in [5.74, 6) is 0.914. The second kappa shape index (κ2) is 2.87. The van der Waals surface area contributed by atoms with Gasteiger partial charge in [0.05, 0.1) is 5.92 Å². The Hall–Kier alpha value is -1.32. The Balaban J connectivity index is 2.37. The molecule has 1 aliphatic heterocycles. The lowest BCUT2D eigenvalue weighted by atomic mass is 9.90. The standard InChI is InChI=1S/C9H11NO3/c1-5-8-6(11)3-2-4-7(8)13-9(5)10-12/h5,12H,2-4H2,1H3/b10-9-. The number of nitrogens with zero attached hydrogens (tertiary/aromatic N) is 1. The van der Waals surface area contributed by atoms with Crippen molar-refractivity contribution in [2.75, 3.05) is 0 Å². The van der Waals surface area contributed by atoms with Gasteiger partial charge in [-0.25, -0.2) is 0 Å². The summed E-state index contributed by atoms with van der Waals surface area (Å²) in [5.41, 5.74) is 0.707. The van der Waals surface area contributed by atoms with Gasteiger partial charge >= 0.3 is 0 Å². The fraction of sp³-hybridized carbons (Fsp3) is 0.556. The summed E-state index contributed by atoms with van der Waals surface area (Å²) >= 11 is 0. The molecule has 0 aromatic carbocycles. The number of oxime groups is 1. The minimum absolute atomic E-state index is 0.132. The van der Waals surface area contributed by atoms with E-state index in [4.69, 9.17) is 9.94 Å². The van der Waals surface area contributed by atoms with E-state index in [-0.39, 0.29) is 17.6 Å². The highest BCUT2D eigenvalue weighted by Gasteiger charge is 2.36. The molecule has 0 aromatic heterocycles. The third-order valence-electron chi connectivity index (χ3n) is 2.54. The number of ketones is 1. The third kappa shape index (κ3) is 1.13. The van der Waals surface area contributed by atoms with Crippen molar-refractivity contribution in [3.63, 3.8) is 0 Å². The van der Waals surface area contributed by atoms with E-state index < -0.39 is 0 Å². The summed E-state index contributed by atoms with van der Waals surface area (Å²) in [6.07, 6.45) is 2.21. The van der Waals surface area contributed by atoms with Gasteiger partial charge in [-0.2, -0.15) is 0 Å². The van der Waals surface area contributed by atoms with Crippen LogP contribution in [0.5, 0.6) is 0 Å². The topological polar surface area (TPSA) is 58.9 Å². The summed E-state index contributed by atoms with van der Waals surface area (Å²) in [5, 5.41) is 11.6. The van der Waals surface area contributed by atoms with Crippen LogP contribution in [0.1, 0.15) is 26.2 Å². The molecule has 1 aliphatic carbocycles. The molecule has 0 aromatic rings. The smallest absolute Gasteiger partial charge is 0.238 e. The number of carbonyl (C=O) groups is 1. The van der Waals surface area contributed by atoms with Gasteiger partial charge in [0.1, 0.15) is 5.76 Å². The van der Waals surface area contributed by atoms with E-state index in [0.717, 1.165) is 12.8 Å². The zero-order valence-corrected chi connectivity index (χ0v) is 7.41. The van der Waals surface area contributed by atoms with Crippen LogP contribution >= 0.6 is 0 Å². The number of rotatable bonds is 0. The summed E-state index contributed by atoms with van der Waals surface area (Å²) in [4.78, 5) is 11.5. The van der Waals surface area contributed by atoms with Crippen molar-refractivity contribution in [3.8, 4) is 0 Å². The van der Waals surface area contributed by atoms with Crippen LogP contribution in [0.3, 0.4) is 0 Å². The molecule has 0 bridgehead atoms. The molecule has 1 unspecified atom stereocenters. The van der Waals surface area contributed by atoms with Crippen LogP contribution < -0.4 is 0 Å². The minimum atomic E-state index is -0.173. The van der Waals surface area contributed by atoms with E-state index in [9.17, 15) is 4.79 Å². The van der Waals surface area contributed by atoms with Crippen LogP contribution in [0.15, 0.2) is 16.5 Å². The lowest BCUT2D eigenvalue weighted by Crippen LogP contribution is -2.15. The third-order valence-corrected chi connectivity index (χ3v) is 2.54. The van der Waals surface area contributed by atoms with Crippen LogP contribution in [0.25, 0.3) is 0 Å². The van der Waals surface area contributed by atoms with Crippen LogP contribution in [0.4, 0.5) is 0 Å². The highest BCUT2D eigenvalue weighted by molar-refractivity contribution is 6.04. The minimum Gasteiger partial charge on any atom is -0.443 e. The molecule has 0 amide bonds. The number of Topliss-reactive ketones (excluding diaryl/α,β-unsaturated/α-hetero) is 1. The van der Waals surface area contributed by atoms with Gasteiger partial charge < -0.3 is 9.94 Å². The first-order valence-corrected chi connectivity index (χ1v) is 4.40. The molecular formula is C9H11NO3. The quantitative estimate of drug-likeness (QED) is 0.454. The lowest BCUT2D eigenvalue weighted by molar-refractivity contribution is -0.116. The van der Waals surface area contributed by atoms with E-state index in [1.165, 1.54) is 0 Å². The van der Waals surface area contributed by atoms with Crippen LogP contribution in [0, 0.1) is 5.92 Å². The Morgan fingerprint density at radius 3 is 2.92 bits per heavy atom. The first-order valence-electron chi connectivity index (χ1n) is 4.40. The fourth-order valence-corrected chi connectivity index (χ4v) is 1.87. The Morgan fingerprint density at radius 2 is 2.31 bits per heavy atom. The van der Waals surface area contributed by atoms with Gasteiger partial charge in [0.2, 0.25) is 5.90 Å². The predicted octanol–water partition coefficient (Wildman–Crippen LogP) is 1.45. The molecule has 2 aliphatic rings. The summed E-state index contributed by atoms with van der Waals surface area (Å²) in [6, 6.07) is 0.